The summed E-state index contributed by atoms with van der Waals surface area (Å²) in [6.45, 7) is 1.81. The molecule has 2 aromatic rings. The van der Waals surface area contributed by atoms with Gasteiger partial charge in [-0.1, -0.05) is 29.8 Å². The van der Waals surface area contributed by atoms with Gasteiger partial charge in [0.05, 0.1) is 0 Å². The number of nitrogens with zero attached hydrogens (tertiary/aromatic N) is 2. The largest absolute Gasteiger partial charge is 0.378 e. The number of anilines is 2. The molecule has 0 heterocycles. The van der Waals surface area contributed by atoms with E-state index in [9.17, 15) is 10.1 Å². The van der Waals surface area contributed by atoms with Gasteiger partial charge in [-0.25, -0.2) is 0 Å². The van der Waals surface area contributed by atoms with Crippen molar-refractivity contribution in [3.63, 3.8) is 0 Å². The van der Waals surface area contributed by atoms with Crippen molar-refractivity contribution in [1.82, 2.24) is 0 Å². The highest BCUT2D eigenvalue weighted by atomic mass is 35.5. The Morgan fingerprint density at radius 1 is 1.21 bits per heavy atom. The zero-order chi connectivity index (χ0) is 17.7. The summed E-state index contributed by atoms with van der Waals surface area (Å²) in [6.07, 6.45) is 1.56. The first kappa shape index (κ1) is 17.6. The Kier molecular flexibility index (Phi) is 5.62. The van der Waals surface area contributed by atoms with E-state index in [2.05, 4.69) is 5.32 Å². The molecule has 24 heavy (non-hydrogen) atoms. The van der Waals surface area contributed by atoms with Gasteiger partial charge in [0.15, 0.2) is 0 Å². The lowest BCUT2D eigenvalue weighted by molar-refractivity contribution is -0.112. The maximum atomic E-state index is 12.3. The zero-order valence-electron chi connectivity index (χ0n) is 13.8. The minimum Gasteiger partial charge on any atom is -0.378 e. The van der Waals surface area contributed by atoms with Crippen molar-refractivity contribution in [2.24, 2.45) is 0 Å². The van der Waals surface area contributed by atoms with Gasteiger partial charge in [-0.15, -0.1) is 0 Å². The van der Waals surface area contributed by atoms with E-state index in [0.29, 0.717) is 10.7 Å². The van der Waals surface area contributed by atoms with Crippen molar-refractivity contribution < 1.29 is 4.79 Å². The van der Waals surface area contributed by atoms with Gasteiger partial charge in [-0.05, 0) is 48.4 Å². The first-order valence-electron chi connectivity index (χ1n) is 7.38. The lowest BCUT2D eigenvalue weighted by Crippen LogP contribution is -2.14. The molecule has 0 saturated heterocycles. The zero-order valence-corrected chi connectivity index (χ0v) is 14.6. The number of nitrogens with one attached hydrogen (secondary N) is 1. The van der Waals surface area contributed by atoms with Crippen LogP contribution in [-0.4, -0.2) is 20.0 Å². The number of rotatable bonds is 4. The molecule has 0 bridgehead atoms. The van der Waals surface area contributed by atoms with Crippen LogP contribution < -0.4 is 10.2 Å². The molecule has 122 valence electrons. The third-order valence-electron chi connectivity index (χ3n) is 3.60. The Labute approximate surface area is 147 Å². The number of hydrogen-bond acceptors (Lipinski definition) is 3. The fraction of sp³-hybridized carbons (Fsp3) is 0.158. The Morgan fingerprint density at radius 3 is 2.46 bits per heavy atom. The molecule has 0 spiro atoms. The minimum absolute atomic E-state index is 0.0342. The number of benzene rings is 2. The monoisotopic (exact) mass is 339 g/mol. The summed E-state index contributed by atoms with van der Waals surface area (Å²) >= 11 is 6.05. The number of nitriles is 1. The molecular weight excluding hydrogens is 322 g/mol. The Hall–Kier alpha value is -2.77. The van der Waals surface area contributed by atoms with Gasteiger partial charge in [0.2, 0.25) is 0 Å². The third kappa shape index (κ3) is 4.15. The van der Waals surface area contributed by atoms with Crippen LogP contribution in [0, 0.1) is 18.3 Å². The highest BCUT2D eigenvalue weighted by Crippen LogP contribution is 2.23. The van der Waals surface area contributed by atoms with Crippen molar-refractivity contribution in [1.29, 1.82) is 5.26 Å². The second kappa shape index (κ2) is 7.67. The van der Waals surface area contributed by atoms with Crippen LogP contribution >= 0.6 is 11.6 Å². The maximum absolute atomic E-state index is 12.3. The van der Waals surface area contributed by atoms with Crippen LogP contribution in [0.4, 0.5) is 11.4 Å². The van der Waals surface area contributed by atoms with E-state index in [0.717, 1.165) is 16.8 Å². The van der Waals surface area contributed by atoms with Crippen LogP contribution in [-0.2, 0) is 4.79 Å². The predicted octanol–water partition coefficient (Wildman–Crippen LogP) is 4.26. The number of halogens is 1. The van der Waals surface area contributed by atoms with Crippen molar-refractivity contribution in [3.05, 3.63) is 64.2 Å². The Morgan fingerprint density at radius 2 is 1.88 bits per heavy atom. The van der Waals surface area contributed by atoms with E-state index in [1.807, 2.05) is 56.3 Å². The molecule has 5 heteroatoms. The summed E-state index contributed by atoms with van der Waals surface area (Å²) in [5.74, 6) is -0.459. The molecule has 1 N–H and O–H groups in total. The third-order valence-corrected chi connectivity index (χ3v) is 4.01. The standard InChI is InChI=1S/C19H18ClN3O/c1-13-17(20)5-4-6-18(13)22-19(24)15(12-21)11-14-7-9-16(10-8-14)23(2)3/h4-11H,1-3H3,(H,22,24)/b15-11+. The highest BCUT2D eigenvalue weighted by molar-refractivity contribution is 6.31. The summed E-state index contributed by atoms with van der Waals surface area (Å²) in [7, 11) is 3.90. The van der Waals surface area contributed by atoms with E-state index in [-0.39, 0.29) is 5.57 Å². The van der Waals surface area contributed by atoms with Crippen LogP contribution in [0.25, 0.3) is 6.08 Å². The van der Waals surface area contributed by atoms with Gasteiger partial charge < -0.3 is 10.2 Å². The van der Waals surface area contributed by atoms with E-state index in [1.165, 1.54) is 0 Å². The lowest BCUT2D eigenvalue weighted by Gasteiger charge is -2.12. The van der Waals surface area contributed by atoms with Gasteiger partial charge in [0.1, 0.15) is 11.6 Å². The average molecular weight is 340 g/mol. The van der Waals surface area contributed by atoms with Crippen LogP contribution in [0.2, 0.25) is 5.02 Å². The number of carbonyl (C=O) groups excluding carboxylic acids is 1. The molecule has 0 aliphatic carbocycles. The quantitative estimate of drug-likeness (QED) is 0.669. The molecule has 0 aliphatic heterocycles. The van der Waals surface area contributed by atoms with Crippen LogP contribution in [0.15, 0.2) is 48.0 Å². The highest BCUT2D eigenvalue weighted by Gasteiger charge is 2.11. The van der Waals surface area contributed by atoms with E-state index < -0.39 is 5.91 Å². The second-order valence-corrected chi connectivity index (χ2v) is 5.93. The van der Waals surface area contributed by atoms with Gasteiger partial charge in [-0.3, -0.25) is 4.79 Å². The summed E-state index contributed by atoms with van der Waals surface area (Å²) in [5.41, 5.74) is 3.23. The second-order valence-electron chi connectivity index (χ2n) is 5.52. The Balaban J connectivity index is 2.22. The van der Waals surface area contributed by atoms with Crippen LogP contribution in [0.5, 0.6) is 0 Å². The molecule has 2 rings (SSSR count). The molecule has 4 nitrogen and oxygen atoms in total. The minimum atomic E-state index is -0.459. The number of amides is 1. The topological polar surface area (TPSA) is 56.1 Å². The van der Waals surface area contributed by atoms with Crippen LogP contribution in [0.1, 0.15) is 11.1 Å². The molecule has 0 saturated carbocycles. The molecule has 0 radical (unpaired) electrons. The Bertz CT molecular complexity index is 817. The number of carbonyl (C=O) groups is 1. The molecule has 0 fully saturated rings. The summed E-state index contributed by atoms with van der Waals surface area (Å²) in [4.78, 5) is 14.3. The summed E-state index contributed by atoms with van der Waals surface area (Å²) < 4.78 is 0. The van der Waals surface area contributed by atoms with Crippen LogP contribution in [0.3, 0.4) is 0 Å². The van der Waals surface area contributed by atoms with Gasteiger partial charge in [-0.2, -0.15) is 5.26 Å². The molecule has 0 atom stereocenters. The molecule has 0 aromatic heterocycles. The average Bonchev–Trinajstić information content (AvgIpc) is 2.57. The SMILES string of the molecule is Cc1c(Cl)cccc1NC(=O)/C(C#N)=C/c1ccc(N(C)C)cc1. The van der Waals surface area contributed by atoms with Crippen molar-refractivity contribution in [2.45, 2.75) is 6.92 Å². The molecule has 2 aromatic carbocycles. The molecule has 1 amide bonds. The fourth-order valence-electron chi connectivity index (χ4n) is 2.12. The summed E-state index contributed by atoms with van der Waals surface area (Å²) in [6, 6.07) is 14.8. The number of hydrogen-bond donors (Lipinski definition) is 1. The molecular formula is C19H18ClN3O. The molecule has 0 unspecified atom stereocenters. The smallest absolute Gasteiger partial charge is 0.266 e. The maximum Gasteiger partial charge on any atom is 0.266 e. The van der Waals surface area contributed by atoms with E-state index in [4.69, 9.17) is 11.6 Å². The van der Waals surface area contributed by atoms with E-state index in [1.54, 1.807) is 24.3 Å². The van der Waals surface area contributed by atoms with Gasteiger partial charge >= 0.3 is 0 Å². The van der Waals surface area contributed by atoms with E-state index >= 15 is 0 Å². The van der Waals surface area contributed by atoms with Crippen molar-refractivity contribution >= 4 is 35.0 Å². The normalized spacial score (nSPS) is 10.9. The van der Waals surface area contributed by atoms with Crippen molar-refractivity contribution in [3.8, 4) is 6.07 Å². The molecule has 0 aliphatic rings. The van der Waals surface area contributed by atoms with Crippen molar-refractivity contribution in [2.75, 3.05) is 24.3 Å². The lowest BCUT2D eigenvalue weighted by atomic mass is 10.1. The first-order valence-corrected chi connectivity index (χ1v) is 7.76. The van der Waals surface area contributed by atoms with Gasteiger partial charge in [0, 0.05) is 30.5 Å². The fourth-order valence-corrected chi connectivity index (χ4v) is 2.29. The first-order chi connectivity index (χ1) is 11.4. The van der Waals surface area contributed by atoms with Gasteiger partial charge in [0.25, 0.3) is 5.91 Å². The predicted molar refractivity (Wildman–Crippen MR) is 99.2 cm³/mol. The summed E-state index contributed by atoms with van der Waals surface area (Å²) in [5, 5.41) is 12.6.